The van der Waals surface area contributed by atoms with E-state index < -0.39 is 151 Å². The molecule has 68 heavy (non-hydrogen) atoms. The number of hydrogen-bond donors (Lipinski definition) is 16. The minimum absolute atomic E-state index is 0.0256. The van der Waals surface area contributed by atoms with Gasteiger partial charge in [-0.15, -0.1) is 0 Å². The topological polar surface area (TPSA) is 467 Å². The summed E-state index contributed by atoms with van der Waals surface area (Å²) < 4.78 is 0. The van der Waals surface area contributed by atoms with Crippen molar-refractivity contribution in [1.29, 1.82) is 0 Å². The van der Waals surface area contributed by atoms with Gasteiger partial charge in [-0.25, -0.2) is 4.79 Å². The van der Waals surface area contributed by atoms with E-state index in [0.717, 1.165) is 13.8 Å². The number of carbonyl (C=O) groups is 11. The summed E-state index contributed by atoms with van der Waals surface area (Å²) in [7, 11) is 0. The number of carbonyl (C=O) groups excluding carboxylic acids is 8. The van der Waals surface area contributed by atoms with Crippen LogP contribution in [0.3, 0.4) is 0 Å². The molecule has 0 aliphatic rings. The highest BCUT2D eigenvalue weighted by molar-refractivity contribution is 6.00. The van der Waals surface area contributed by atoms with E-state index in [0.29, 0.717) is 29.3 Å². The first kappa shape index (κ1) is 56.9. The molecule has 2 rings (SSSR count). The summed E-state index contributed by atoms with van der Waals surface area (Å²) in [4.78, 5) is 144. The Morgan fingerprint density at radius 3 is 1.71 bits per heavy atom. The number of rotatable bonds is 30. The molecule has 2 aromatic rings. The van der Waals surface area contributed by atoms with Crippen molar-refractivity contribution in [2.75, 3.05) is 6.54 Å². The first-order valence-electron chi connectivity index (χ1n) is 21.3. The van der Waals surface area contributed by atoms with Gasteiger partial charge in [0.25, 0.3) is 0 Å². The second-order valence-electron chi connectivity index (χ2n) is 15.9. The molecule has 19 N–H and O–H groups in total. The van der Waals surface area contributed by atoms with Gasteiger partial charge in [-0.05, 0) is 64.6 Å². The average Bonchev–Trinajstić information content (AvgIpc) is 3.66. The van der Waals surface area contributed by atoms with E-state index in [2.05, 4.69) is 36.9 Å². The highest BCUT2D eigenvalue weighted by Crippen LogP contribution is 2.19. The standard InChI is InChI=1S/C41H61N11O16/c1-18(34(60)49-26(14-21-17-45-23-9-5-4-8-22(21)23)37(63)48-25(41(67)68)10-6-7-13-42)46-36(62)27(15-29(43)55)50-38(64)28(16-31(58)59)51-35(61)24(11-12-30(56)57)47-40(66)33(20(3)54)52-39(65)32(44)19(2)53/h4-5,8-9,17-20,24-28,32-33,45,53-54H,6-7,10-16,42,44H2,1-3H3,(H2,43,55)(H,46,62)(H,47,66)(H,48,63)(H,49,60)(H,50,64)(H,51,61)(H,52,65)(H,56,57)(H,58,59)(H,67,68)/t18-,19+,20+,24-,25-,26-,27-,28-,32-,33-/m0/s1. The van der Waals surface area contributed by atoms with Crippen molar-refractivity contribution in [3.63, 3.8) is 0 Å². The molecule has 0 saturated carbocycles. The molecule has 1 aromatic heterocycles. The van der Waals surface area contributed by atoms with Gasteiger partial charge in [-0.1, -0.05) is 18.2 Å². The van der Waals surface area contributed by atoms with Crippen molar-refractivity contribution in [3.05, 3.63) is 36.0 Å². The number of aliphatic carboxylic acids is 3. The van der Waals surface area contributed by atoms with Gasteiger partial charge in [-0.2, -0.15) is 0 Å². The Labute approximate surface area is 388 Å². The number of carboxylic acids is 3. The largest absolute Gasteiger partial charge is 0.481 e. The number of H-pyrrole nitrogens is 1. The van der Waals surface area contributed by atoms with Crippen LogP contribution in [-0.2, 0) is 59.2 Å². The van der Waals surface area contributed by atoms with Crippen molar-refractivity contribution in [2.45, 2.75) is 133 Å². The maximum Gasteiger partial charge on any atom is 0.326 e. The molecular formula is C41H61N11O16. The number of aromatic nitrogens is 1. The maximum absolute atomic E-state index is 13.6. The summed E-state index contributed by atoms with van der Waals surface area (Å²) in [6.45, 7) is 3.68. The van der Waals surface area contributed by atoms with Crippen molar-refractivity contribution < 1.29 is 78.3 Å². The number of benzene rings is 1. The molecule has 8 amide bonds. The molecule has 0 unspecified atom stereocenters. The summed E-state index contributed by atoms with van der Waals surface area (Å²) in [5, 5.41) is 64.7. The first-order valence-corrected chi connectivity index (χ1v) is 21.3. The van der Waals surface area contributed by atoms with Crippen LogP contribution >= 0.6 is 0 Å². The van der Waals surface area contributed by atoms with Crippen LogP contribution in [0.1, 0.15) is 71.3 Å². The molecule has 10 atom stereocenters. The third kappa shape index (κ3) is 18.6. The van der Waals surface area contributed by atoms with Crippen LogP contribution < -0.4 is 54.4 Å². The van der Waals surface area contributed by atoms with Crippen molar-refractivity contribution >= 4 is 76.1 Å². The molecule has 27 heteroatoms. The monoisotopic (exact) mass is 963 g/mol. The highest BCUT2D eigenvalue weighted by atomic mass is 16.4. The van der Waals surface area contributed by atoms with Crippen LogP contribution in [0, 0.1) is 0 Å². The molecule has 27 nitrogen and oxygen atoms in total. The average molecular weight is 964 g/mol. The summed E-state index contributed by atoms with van der Waals surface area (Å²) in [5.74, 6) is -13.9. The number of para-hydroxylation sites is 1. The lowest BCUT2D eigenvalue weighted by atomic mass is 10.0. The Hall–Kier alpha value is -7.23. The minimum Gasteiger partial charge on any atom is -0.481 e. The predicted molar refractivity (Wildman–Crippen MR) is 236 cm³/mol. The van der Waals surface area contributed by atoms with Gasteiger partial charge >= 0.3 is 17.9 Å². The Balaban J connectivity index is 2.34. The fourth-order valence-corrected chi connectivity index (χ4v) is 6.44. The molecule has 376 valence electrons. The number of nitrogens with two attached hydrogens (primary N) is 3. The third-order valence-corrected chi connectivity index (χ3v) is 10.3. The lowest BCUT2D eigenvalue weighted by Gasteiger charge is -2.27. The number of aliphatic hydroxyl groups excluding tert-OH is 2. The predicted octanol–water partition coefficient (Wildman–Crippen LogP) is -5.36. The number of aliphatic hydroxyl groups is 2. The second kappa shape index (κ2) is 27.4. The fourth-order valence-electron chi connectivity index (χ4n) is 6.44. The number of nitrogens with one attached hydrogen (secondary N) is 8. The van der Waals surface area contributed by atoms with E-state index in [9.17, 15) is 78.3 Å². The SMILES string of the molecule is C[C@H](NC(=O)[C@H](CC(N)=O)NC(=O)[C@H](CC(=O)O)NC(=O)[C@H](CCC(=O)O)NC(=O)[C@@H](NC(=O)[C@@H](N)[C@@H](C)O)[C@@H](C)O)C(=O)N[C@@H](Cc1c[nH]c2ccccc12)C(=O)N[C@@H](CCCCN)C(=O)O. The van der Waals surface area contributed by atoms with Gasteiger partial charge in [0, 0.05) is 29.9 Å². The van der Waals surface area contributed by atoms with Crippen LogP contribution in [0.4, 0.5) is 0 Å². The van der Waals surface area contributed by atoms with Crippen LogP contribution in [-0.4, -0.2) is 163 Å². The van der Waals surface area contributed by atoms with Gasteiger partial charge in [0.1, 0.15) is 48.3 Å². The van der Waals surface area contributed by atoms with E-state index in [1.54, 1.807) is 30.5 Å². The molecule has 0 aliphatic heterocycles. The van der Waals surface area contributed by atoms with E-state index in [1.165, 1.54) is 6.92 Å². The fraction of sp³-hybridized carbons (Fsp3) is 0.537. The zero-order chi connectivity index (χ0) is 51.4. The zero-order valence-corrected chi connectivity index (χ0v) is 37.5. The number of unbranched alkanes of at least 4 members (excludes halogenated alkanes) is 1. The Morgan fingerprint density at radius 2 is 1.15 bits per heavy atom. The number of hydrogen-bond acceptors (Lipinski definition) is 15. The minimum atomic E-state index is -2.10. The summed E-state index contributed by atoms with van der Waals surface area (Å²) in [6.07, 6.45) is -4.37. The van der Waals surface area contributed by atoms with Crippen LogP contribution in [0.5, 0.6) is 0 Å². The van der Waals surface area contributed by atoms with Crippen LogP contribution in [0.25, 0.3) is 10.9 Å². The van der Waals surface area contributed by atoms with Crippen molar-refractivity contribution in [3.8, 4) is 0 Å². The van der Waals surface area contributed by atoms with Gasteiger partial charge in [0.15, 0.2) is 0 Å². The zero-order valence-electron chi connectivity index (χ0n) is 37.5. The maximum atomic E-state index is 13.6. The van der Waals surface area contributed by atoms with E-state index in [1.807, 2.05) is 5.32 Å². The molecule has 0 saturated heterocycles. The summed E-state index contributed by atoms with van der Waals surface area (Å²) >= 11 is 0. The van der Waals surface area contributed by atoms with Crippen molar-refractivity contribution in [1.82, 2.24) is 42.2 Å². The number of carboxylic acid groups (broad SMARTS) is 3. The number of aromatic amines is 1. The molecule has 0 bridgehead atoms. The smallest absolute Gasteiger partial charge is 0.326 e. The van der Waals surface area contributed by atoms with Gasteiger partial charge in [0.2, 0.25) is 47.3 Å². The van der Waals surface area contributed by atoms with Gasteiger partial charge < -0.3 is 84.9 Å². The third-order valence-electron chi connectivity index (χ3n) is 10.3. The number of primary amides is 1. The molecule has 1 aromatic carbocycles. The molecule has 0 aliphatic carbocycles. The lowest BCUT2D eigenvalue weighted by molar-refractivity contribution is -0.143. The highest BCUT2D eigenvalue weighted by Gasteiger charge is 2.36. The first-order chi connectivity index (χ1) is 31.9. The quantitative estimate of drug-likeness (QED) is 0.0325. The van der Waals surface area contributed by atoms with Gasteiger partial charge in [-0.3, -0.25) is 47.9 Å². The van der Waals surface area contributed by atoms with E-state index in [4.69, 9.17) is 17.2 Å². The van der Waals surface area contributed by atoms with Gasteiger partial charge in [0.05, 0.1) is 25.0 Å². The Morgan fingerprint density at radius 1 is 0.603 bits per heavy atom. The normalized spacial score (nSPS) is 15.5. The number of amides is 8. The van der Waals surface area contributed by atoms with E-state index in [-0.39, 0.29) is 19.4 Å². The molecule has 0 radical (unpaired) electrons. The summed E-state index contributed by atoms with van der Waals surface area (Å²) in [6, 6.07) is -6.60. The Kier molecular flexibility index (Phi) is 22.9. The van der Waals surface area contributed by atoms with Crippen molar-refractivity contribution in [2.24, 2.45) is 17.2 Å². The molecular weight excluding hydrogens is 903 g/mol. The Bertz CT molecular complexity index is 2150. The summed E-state index contributed by atoms with van der Waals surface area (Å²) in [5.41, 5.74) is 17.7. The molecule has 0 spiro atoms. The molecule has 0 fully saturated rings. The van der Waals surface area contributed by atoms with E-state index >= 15 is 0 Å². The van der Waals surface area contributed by atoms with Crippen LogP contribution in [0.15, 0.2) is 30.5 Å². The number of fused-ring (bicyclic) bond motifs is 1. The lowest BCUT2D eigenvalue weighted by Crippen LogP contribution is -2.61. The second-order valence-corrected chi connectivity index (χ2v) is 15.9. The molecule has 1 heterocycles. The van der Waals surface area contributed by atoms with Crippen LogP contribution in [0.2, 0.25) is 0 Å².